The molecule has 0 spiro atoms. The monoisotopic (exact) mass is 431 g/mol. The van der Waals surface area contributed by atoms with Crippen LogP contribution in [0.3, 0.4) is 0 Å². The molecule has 0 amide bonds. The second-order valence-corrected chi connectivity index (χ2v) is 8.18. The molecule has 0 aliphatic rings. The van der Waals surface area contributed by atoms with Gasteiger partial charge in [0.25, 0.3) is 0 Å². The first kappa shape index (κ1) is 16.7. The van der Waals surface area contributed by atoms with Gasteiger partial charge in [-0.15, -0.1) is 0 Å². The zero-order valence-corrected chi connectivity index (χ0v) is 15.6. The molecule has 1 N–H and O–H groups in total. The van der Waals surface area contributed by atoms with Gasteiger partial charge in [-0.2, -0.15) is 0 Å². The Morgan fingerprint density at radius 3 is 2.29 bits per heavy atom. The number of halogens is 2. The Hall–Kier alpha value is -0.690. The van der Waals surface area contributed by atoms with E-state index in [1.807, 2.05) is 44.2 Å². The van der Waals surface area contributed by atoms with Crippen molar-refractivity contribution in [2.45, 2.75) is 24.8 Å². The van der Waals surface area contributed by atoms with Crippen LogP contribution in [0.2, 0.25) is 0 Å². The normalized spacial score (nSPS) is 13.1. The molecule has 0 saturated heterocycles. The molecular formula is C15H15Br2NO2S. The van der Waals surface area contributed by atoms with Gasteiger partial charge in [-0.1, -0.05) is 46.3 Å². The van der Waals surface area contributed by atoms with Gasteiger partial charge in [0.05, 0.1) is 4.90 Å². The number of nitrogens with one attached hydrogen (secondary N) is 1. The number of hydrogen-bond acceptors (Lipinski definition) is 2. The SMILES string of the molecule is Cc1cc(Br)c(S(=O)(=O)N[C@H](C)c2ccccc2)cc1Br. The second-order valence-electron chi connectivity index (χ2n) is 4.79. The lowest BCUT2D eigenvalue weighted by Crippen LogP contribution is -2.27. The molecule has 2 rings (SSSR count). The maximum atomic E-state index is 12.5. The van der Waals surface area contributed by atoms with E-state index in [0.29, 0.717) is 4.47 Å². The first-order valence-corrected chi connectivity index (χ1v) is 9.41. The Bertz CT molecular complexity index is 746. The fraction of sp³-hybridized carbons (Fsp3) is 0.200. The van der Waals surface area contributed by atoms with Gasteiger partial charge in [-0.05, 0) is 53.0 Å². The highest BCUT2D eigenvalue weighted by Crippen LogP contribution is 2.29. The molecule has 0 saturated carbocycles. The third-order valence-corrected chi connectivity index (χ3v) is 6.49. The van der Waals surface area contributed by atoms with Crippen molar-refractivity contribution in [2.24, 2.45) is 0 Å². The van der Waals surface area contributed by atoms with Gasteiger partial charge in [0.15, 0.2) is 0 Å². The highest BCUT2D eigenvalue weighted by Gasteiger charge is 2.21. The van der Waals surface area contributed by atoms with Crippen molar-refractivity contribution in [2.75, 3.05) is 0 Å². The van der Waals surface area contributed by atoms with E-state index in [2.05, 4.69) is 36.6 Å². The van der Waals surface area contributed by atoms with Gasteiger partial charge >= 0.3 is 0 Å². The molecule has 2 aromatic rings. The van der Waals surface area contributed by atoms with Crippen LogP contribution in [0.5, 0.6) is 0 Å². The van der Waals surface area contributed by atoms with Crippen molar-refractivity contribution in [3.05, 3.63) is 62.5 Å². The quantitative estimate of drug-likeness (QED) is 0.769. The Morgan fingerprint density at radius 1 is 1.05 bits per heavy atom. The predicted molar refractivity (Wildman–Crippen MR) is 91.8 cm³/mol. The standard InChI is InChI=1S/C15H15Br2NO2S/c1-10-8-14(17)15(9-13(10)16)21(19,20)18-11(2)12-6-4-3-5-7-12/h3-9,11,18H,1-2H3/t11-/m1/s1. The summed E-state index contributed by atoms with van der Waals surface area (Å²) in [5.41, 5.74) is 1.89. The largest absolute Gasteiger partial charge is 0.242 e. The van der Waals surface area contributed by atoms with E-state index in [-0.39, 0.29) is 10.9 Å². The third kappa shape index (κ3) is 3.94. The van der Waals surface area contributed by atoms with Crippen molar-refractivity contribution in [1.82, 2.24) is 4.72 Å². The lowest BCUT2D eigenvalue weighted by atomic mass is 10.1. The van der Waals surface area contributed by atoms with E-state index in [1.165, 1.54) is 0 Å². The summed E-state index contributed by atoms with van der Waals surface area (Å²) in [5.74, 6) is 0. The van der Waals surface area contributed by atoms with Crippen LogP contribution in [0.15, 0.2) is 56.3 Å². The minimum Gasteiger partial charge on any atom is -0.207 e. The summed E-state index contributed by atoms with van der Waals surface area (Å²) in [5, 5.41) is 0. The zero-order chi connectivity index (χ0) is 15.6. The van der Waals surface area contributed by atoms with Gasteiger partial charge in [-0.3, -0.25) is 0 Å². The van der Waals surface area contributed by atoms with Crippen molar-refractivity contribution in [3.8, 4) is 0 Å². The molecular weight excluding hydrogens is 418 g/mol. The summed E-state index contributed by atoms with van der Waals surface area (Å²) in [4.78, 5) is 0.225. The molecule has 21 heavy (non-hydrogen) atoms. The van der Waals surface area contributed by atoms with Crippen molar-refractivity contribution >= 4 is 41.9 Å². The Morgan fingerprint density at radius 2 is 1.67 bits per heavy atom. The minimum atomic E-state index is -3.60. The van der Waals surface area contributed by atoms with E-state index in [1.54, 1.807) is 12.1 Å². The molecule has 0 unspecified atom stereocenters. The molecule has 0 aliphatic carbocycles. The van der Waals surface area contributed by atoms with Gasteiger partial charge in [0, 0.05) is 15.0 Å². The van der Waals surface area contributed by atoms with Crippen LogP contribution in [-0.2, 0) is 10.0 Å². The maximum Gasteiger partial charge on any atom is 0.242 e. The van der Waals surface area contributed by atoms with Gasteiger partial charge in [0.1, 0.15) is 0 Å². The summed E-state index contributed by atoms with van der Waals surface area (Å²) in [6.07, 6.45) is 0. The third-order valence-electron chi connectivity index (χ3n) is 3.13. The molecule has 2 aromatic carbocycles. The Balaban J connectivity index is 2.33. The topological polar surface area (TPSA) is 46.2 Å². The smallest absolute Gasteiger partial charge is 0.207 e. The van der Waals surface area contributed by atoms with Crippen LogP contribution in [0.4, 0.5) is 0 Å². The fourth-order valence-electron chi connectivity index (χ4n) is 1.94. The first-order valence-electron chi connectivity index (χ1n) is 6.34. The van der Waals surface area contributed by atoms with Crippen molar-refractivity contribution in [3.63, 3.8) is 0 Å². The van der Waals surface area contributed by atoms with Gasteiger partial charge in [-0.25, -0.2) is 13.1 Å². The van der Waals surface area contributed by atoms with Gasteiger partial charge in [0.2, 0.25) is 10.0 Å². The average Bonchev–Trinajstić information content (AvgIpc) is 2.43. The lowest BCUT2D eigenvalue weighted by Gasteiger charge is -2.16. The van der Waals surface area contributed by atoms with E-state index in [0.717, 1.165) is 15.6 Å². The molecule has 112 valence electrons. The van der Waals surface area contributed by atoms with E-state index >= 15 is 0 Å². The lowest BCUT2D eigenvalue weighted by molar-refractivity contribution is 0.566. The summed E-state index contributed by atoms with van der Waals surface area (Å²) in [6.45, 7) is 3.73. The summed E-state index contributed by atoms with van der Waals surface area (Å²) < 4.78 is 29.1. The predicted octanol–water partition coefficient (Wildman–Crippen LogP) is 4.56. The molecule has 1 atom stereocenters. The van der Waals surface area contributed by atoms with Crippen LogP contribution < -0.4 is 4.72 Å². The maximum absolute atomic E-state index is 12.5. The molecule has 0 fully saturated rings. The Labute approximate surface area is 142 Å². The summed E-state index contributed by atoms with van der Waals surface area (Å²) in [7, 11) is -3.60. The molecule has 0 heterocycles. The molecule has 3 nitrogen and oxygen atoms in total. The number of sulfonamides is 1. The van der Waals surface area contributed by atoms with Crippen molar-refractivity contribution < 1.29 is 8.42 Å². The number of aryl methyl sites for hydroxylation is 1. The number of hydrogen-bond donors (Lipinski definition) is 1. The van der Waals surface area contributed by atoms with E-state index < -0.39 is 10.0 Å². The highest BCUT2D eigenvalue weighted by molar-refractivity contribution is 9.11. The highest BCUT2D eigenvalue weighted by atomic mass is 79.9. The minimum absolute atomic E-state index is 0.225. The molecule has 0 aliphatic heterocycles. The molecule has 6 heteroatoms. The fourth-order valence-corrected chi connectivity index (χ4v) is 4.85. The zero-order valence-electron chi connectivity index (χ0n) is 11.6. The summed E-state index contributed by atoms with van der Waals surface area (Å²) in [6, 6.07) is 12.6. The first-order chi connectivity index (χ1) is 9.81. The molecule has 0 aromatic heterocycles. The Kier molecular flexibility index (Phi) is 5.24. The van der Waals surface area contributed by atoms with Gasteiger partial charge < -0.3 is 0 Å². The van der Waals surface area contributed by atoms with Crippen LogP contribution in [0.1, 0.15) is 24.1 Å². The number of benzene rings is 2. The van der Waals surface area contributed by atoms with Crippen LogP contribution >= 0.6 is 31.9 Å². The second kappa shape index (κ2) is 6.60. The van der Waals surface area contributed by atoms with Crippen LogP contribution in [-0.4, -0.2) is 8.42 Å². The summed E-state index contributed by atoms with van der Waals surface area (Å²) >= 11 is 6.69. The molecule has 0 radical (unpaired) electrons. The van der Waals surface area contributed by atoms with Crippen molar-refractivity contribution in [1.29, 1.82) is 0 Å². The number of rotatable bonds is 4. The van der Waals surface area contributed by atoms with E-state index in [9.17, 15) is 8.42 Å². The van der Waals surface area contributed by atoms with Crippen LogP contribution in [0, 0.1) is 6.92 Å². The molecule has 0 bridgehead atoms. The average molecular weight is 433 g/mol. The van der Waals surface area contributed by atoms with Crippen LogP contribution in [0.25, 0.3) is 0 Å². The van der Waals surface area contributed by atoms with E-state index in [4.69, 9.17) is 0 Å².